The molecule has 0 aliphatic carbocycles. The van der Waals surface area contributed by atoms with Gasteiger partial charge in [0, 0.05) is 33.5 Å². The standard InChI is InChI=1S/C11H15ClN2O5S/c1-18-9-5-14(6-10(9)19-2)20(16,17)7-3-8(12)11(15)13-4-7/h3-4,9-10H,5-6H2,1-2H3,(H,13,15). The first-order valence-corrected chi connectivity index (χ1v) is 7.66. The maximum absolute atomic E-state index is 12.5. The van der Waals surface area contributed by atoms with Crippen LogP contribution in [0.4, 0.5) is 0 Å². The maximum Gasteiger partial charge on any atom is 0.266 e. The molecule has 1 saturated heterocycles. The van der Waals surface area contributed by atoms with E-state index in [0.717, 1.165) is 12.3 Å². The quantitative estimate of drug-likeness (QED) is 0.847. The summed E-state index contributed by atoms with van der Waals surface area (Å²) < 4.78 is 36.6. The molecule has 2 heterocycles. The summed E-state index contributed by atoms with van der Waals surface area (Å²) in [6.07, 6.45) is 0.479. The lowest BCUT2D eigenvalue weighted by Gasteiger charge is -2.15. The summed E-state index contributed by atoms with van der Waals surface area (Å²) in [7, 11) is -0.738. The van der Waals surface area contributed by atoms with Gasteiger partial charge in [0.2, 0.25) is 10.0 Å². The van der Waals surface area contributed by atoms with E-state index in [1.54, 1.807) is 0 Å². The van der Waals surface area contributed by atoms with E-state index >= 15 is 0 Å². The molecule has 20 heavy (non-hydrogen) atoms. The van der Waals surface area contributed by atoms with Gasteiger partial charge in [-0.15, -0.1) is 0 Å². The lowest BCUT2D eigenvalue weighted by Crippen LogP contribution is -2.30. The van der Waals surface area contributed by atoms with Gasteiger partial charge in [-0.2, -0.15) is 4.31 Å². The molecule has 2 rings (SSSR count). The Bertz CT molecular complexity index is 632. The predicted octanol–water partition coefficient (Wildman–Crippen LogP) is 0.0626. The van der Waals surface area contributed by atoms with Crippen molar-refractivity contribution in [1.82, 2.24) is 9.29 Å². The summed E-state index contributed by atoms with van der Waals surface area (Å²) in [4.78, 5) is 13.4. The Kier molecular flexibility index (Phi) is 4.50. The second kappa shape index (κ2) is 5.82. The van der Waals surface area contributed by atoms with E-state index in [9.17, 15) is 13.2 Å². The third-order valence-corrected chi connectivity index (χ3v) is 5.35. The number of sulfonamides is 1. The molecule has 1 aromatic heterocycles. The number of nitrogens with zero attached hydrogens (tertiary/aromatic N) is 1. The smallest absolute Gasteiger partial charge is 0.266 e. The first-order valence-electron chi connectivity index (χ1n) is 5.84. The van der Waals surface area contributed by atoms with Crippen molar-refractivity contribution in [3.8, 4) is 0 Å². The molecule has 1 aliphatic heterocycles. The Morgan fingerprint density at radius 1 is 1.30 bits per heavy atom. The molecule has 1 aliphatic rings. The van der Waals surface area contributed by atoms with Gasteiger partial charge in [-0.1, -0.05) is 11.6 Å². The third kappa shape index (κ3) is 2.75. The maximum atomic E-state index is 12.5. The van der Waals surface area contributed by atoms with Gasteiger partial charge in [0.15, 0.2) is 0 Å². The average molecular weight is 323 g/mol. The number of hydrogen-bond acceptors (Lipinski definition) is 5. The van der Waals surface area contributed by atoms with Gasteiger partial charge in [0.05, 0.1) is 17.1 Å². The largest absolute Gasteiger partial charge is 0.377 e. The monoisotopic (exact) mass is 322 g/mol. The van der Waals surface area contributed by atoms with E-state index in [1.165, 1.54) is 18.5 Å². The molecule has 112 valence electrons. The van der Waals surface area contributed by atoms with Crippen LogP contribution < -0.4 is 5.56 Å². The summed E-state index contributed by atoms with van der Waals surface area (Å²) in [5.41, 5.74) is -0.531. The Labute approximate surface area is 121 Å². The Balaban J connectivity index is 2.31. The van der Waals surface area contributed by atoms with Crippen LogP contribution in [0.1, 0.15) is 0 Å². The lowest BCUT2D eigenvalue weighted by atomic mass is 10.3. The van der Waals surface area contributed by atoms with E-state index in [2.05, 4.69) is 4.98 Å². The van der Waals surface area contributed by atoms with Crippen molar-refractivity contribution in [2.75, 3.05) is 27.3 Å². The lowest BCUT2D eigenvalue weighted by molar-refractivity contribution is -0.00461. The molecule has 2 unspecified atom stereocenters. The minimum absolute atomic E-state index is 0.0614. The highest BCUT2D eigenvalue weighted by atomic mass is 35.5. The Morgan fingerprint density at radius 2 is 1.85 bits per heavy atom. The molecule has 0 saturated carbocycles. The normalized spacial score (nSPS) is 24.1. The molecule has 1 aromatic rings. The molecule has 0 bridgehead atoms. The van der Waals surface area contributed by atoms with Crippen molar-refractivity contribution in [2.45, 2.75) is 17.1 Å². The van der Waals surface area contributed by atoms with Gasteiger partial charge in [-0.3, -0.25) is 4.79 Å². The van der Waals surface area contributed by atoms with Crippen LogP contribution in [-0.4, -0.2) is 57.2 Å². The SMILES string of the molecule is COC1CN(S(=O)(=O)c2c[nH]c(=O)c(Cl)c2)CC1OC. The second-order valence-corrected chi connectivity index (χ2v) is 6.73. The number of aromatic amines is 1. The number of hydrogen-bond donors (Lipinski definition) is 1. The molecule has 1 N–H and O–H groups in total. The molecule has 0 aromatic carbocycles. The number of aromatic nitrogens is 1. The van der Waals surface area contributed by atoms with Crippen LogP contribution >= 0.6 is 11.6 Å². The minimum atomic E-state index is -3.75. The summed E-state index contributed by atoms with van der Waals surface area (Å²) in [5.74, 6) is 0. The highest BCUT2D eigenvalue weighted by Crippen LogP contribution is 2.24. The molecule has 0 radical (unpaired) electrons. The molecule has 7 nitrogen and oxygen atoms in total. The van der Waals surface area contributed by atoms with Crippen LogP contribution in [0.3, 0.4) is 0 Å². The minimum Gasteiger partial charge on any atom is -0.377 e. The van der Waals surface area contributed by atoms with Crippen LogP contribution in [0.5, 0.6) is 0 Å². The van der Waals surface area contributed by atoms with Gasteiger partial charge < -0.3 is 14.5 Å². The molecule has 0 spiro atoms. The average Bonchev–Trinajstić information content (AvgIpc) is 2.85. The van der Waals surface area contributed by atoms with Crippen molar-refractivity contribution in [3.05, 3.63) is 27.6 Å². The third-order valence-electron chi connectivity index (χ3n) is 3.26. The van der Waals surface area contributed by atoms with Crippen LogP contribution in [0.25, 0.3) is 0 Å². The molecule has 9 heteroatoms. The van der Waals surface area contributed by atoms with Crippen molar-refractivity contribution in [3.63, 3.8) is 0 Å². The van der Waals surface area contributed by atoms with Crippen molar-refractivity contribution >= 4 is 21.6 Å². The van der Waals surface area contributed by atoms with Crippen LogP contribution in [0, 0.1) is 0 Å². The number of pyridine rings is 1. The number of nitrogens with one attached hydrogen (secondary N) is 1. The van der Waals surface area contributed by atoms with Crippen LogP contribution in [-0.2, 0) is 19.5 Å². The van der Waals surface area contributed by atoms with Crippen molar-refractivity contribution < 1.29 is 17.9 Å². The fraction of sp³-hybridized carbons (Fsp3) is 0.545. The highest BCUT2D eigenvalue weighted by molar-refractivity contribution is 7.89. The van der Waals surface area contributed by atoms with Gasteiger partial charge >= 0.3 is 0 Å². The fourth-order valence-electron chi connectivity index (χ4n) is 2.10. The summed E-state index contributed by atoms with van der Waals surface area (Å²) in [6.45, 7) is 0.377. The summed E-state index contributed by atoms with van der Waals surface area (Å²) in [6, 6.07) is 1.14. The van der Waals surface area contributed by atoms with E-state index in [-0.39, 0.29) is 35.2 Å². The van der Waals surface area contributed by atoms with Gasteiger partial charge in [0.1, 0.15) is 5.02 Å². The zero-order chi connectivity index (χ0) is 14.9. The highest BCUT2D eigenvalue weighted by Gasteiger charge is 2.40. The Hall–Kier alpha value is -0.930. The van der Waals surface area contributed by atoms with Crippen molar-refractivity contribution in [1.29, 1.82) is 0 Å². The Morgan fingerprint density at radius 3 is 2.30 bits per heavy atom. The molecular weight excluding hydrogens is 308 g/mol. The number of methoxy groups -OCH3 is 2. The van der Waals surface area contributed by atoms with Gasteiger partial charge in [0.25, 0.3) is 5.56 Å². The van der Waals surface area contributed by atoms with E-state index in [1.807, 2.05) is 0 Å². The molecular formula is C11H15ClN2O5S. The van der Waals surface area contributed by atoms with Gasteiger partial charge in [-0.05, 0) is 6.07 Å². The van der Waals surface area contributed by atoms with E-state index in [4.69, 9.17) is 21.1 Å². The number of H-pyrrole nitrogens is 1. The van der Waals surface area contributed by atoms with E-state index < -0.39 is 15.6 Å². The number of halogens is 1. The van der Waals surface area contributed by atoms with E-state index in [0.29, 0.717) is 0 Å². The zero-order valence-electron chi connectivity index (χ0n) is 11.0. The first-order chi connectivity index (χ1) is 9.40. The fourth-order valence-corrected chi connectivity index (χ4v) is 3.79. The van der Waals surface area contributed by atoms with Crippen LogP contribution in [0.15, 0.2) is 22.0 Å². The predicted molar refractivity (Wildman–Crippen MR) is 72.4 cm³/mol. The summed E-state index contributed by atoms with van der Waals surface area (Å²) >= 11 is 5.66. The first kappa shape index (κ1) is 15.5. The second-order valence-electron chi connectivity index (χ2n) is 4.38. The molecule has 2 atom stereocenters. The number of ether oxygens (including phenoxy) is 2. The van der Waals surface area contributed by atoms with Gasteiger partial charge in [-0.25, -0.2) is 8.42 Å². The molecule has 0 amide bonds. The molecule has 1 fully saturated rings. The van der Waals surface area contributed by atoms with Crippen LogP contribution in [0.2, 0.25) is 5.02 Å². The zero-order valence-corrected chi connectivity index (χ0v) is 12.6. The topological polar surface area (TPSA) is 88.7 Å². The van der Waals surface area contributed by atoms with Crippen molar-refractivity contribution in [2.24, 2.45) is 0 Å². The number of rotatable bonds is 4. The summed E-state index contributed by atoms with van der Waals surface area (Å²) in [5, 5.41) is -0.170.